The number of rotatable bonds is 3. The minimum absolute atomic E-state index is 0.0287. The fourth-order valence-corrected chi connectivity index (χ4v) is 3.28. The van der Waals surface area contributed by atoms with Gasteiger partial charge in [-0.1, -0.05) is 26.2 Å². The van der Waals surface area contributed by atoms with Gasteiger partial charge in [-0.3, -0.25) is 4.79 Å². The van der Waals surface area contributed by atoms with E-state index in [4.69, 9.17) is 0 Å². The van der Waals surface area contributed by atoms with E-state index >= 15 is 0 Å². The predicted molar refractivity (Wildman–Crippen MR) is 76.6 cm³/mol. The first kappa shape index (κ1) is 13.7. The van der Waals surface area contributed by atoms with E-state index in [1.807, 2.05) is 23.9 Å². The van der Waals surface area contributed by atoms with Gasteiger partial charge in [0.15, 0.2) is 0 Å². The molecule has 1 aliphatic rings. The molecule has 0 aromatic carbocycles. The fraction of sp³-hybridized carbons (Fsp3) is 0.643. The molecule has 1 heterocycles. The zero-order chi connectivity index (χ0) is 13.1. The summed E-state index contributed by atoms with van der Waals surface area (Å²) in [6.07, 6.45) is 7.10. The first-order valence-electron chi connectivity index (χ1n) is 6.68. The molecule has 1 aromatic heterocycles. The standard InChI is InChI=1S/C14H21BrN2O/c1-10-5-3-4-6-11(10)8-16-14(18)13-7-12(15)9-17(13)2/h7,9-11H,3-6,8H2,1-2H3,(H,16,18). The third kappa shape index (κ3) is 3.16. The van der Waals surface area contributed by atoms with Gasteiger partial charge in [-0.15, -0.1) is 0 Å². The largest absolute Gasteiger partial charge is 0.350 e. The van der Waals surface area contributed by atoms with Crippen molar-refractivity contribution in [2.45, 2.75) is 32.6 Å². The van der Waals surface area contributed by atoms with Gasteiger partial charge in [0.05, 0.1) is 0 Å². The fourth-order valence-electron chi connectivity index (χ4n) is 2.76. The average Bonchev–Trinajstić information content (AvgIpc) is 2.67. The lowest BCUT2D eigenvalue weighted by Crippen LogP contribution is -2.34. The van der Waals surface area contributed by atoms with Crippen LogP contribution in [0.15, 0.2) is 16.7 Å². The summed E-state index contributed by atoms with van der Waals surface area (Å²) in [7, 11) is 1.89. The van der Waals surface area contributed by atoms with Crippen LogP contribution in [0, 0.1) is 11.8 Å². The van der Waals surface area contributed by atoms with Gasteiger partial charge in [0, 0.05) is 24.3 Å². The molecule has 1 amide bonds. The Morgan fingerprint density at radius 2 is 2.22 bits per heavy atom. The van der Waals surface area contributed by atoms with Crippen LogP contribution >= 0.6 is 15.9 Å². The molecular formula is C14H21BrN2O. The Labute approximate surface area is 117 Å². The molecule has 0 radical (unpaired) electrons. The van der Waals surface area contributed by atoms with Gasteiger partial charge in [0.25, 0.3) is 5.91 Å². The highest BCUT2D eigenvalue weighted by molar-refractivity contribution is 9.10. The predicted octanol–water partition coefficient (Wildman–Crippen LogP) is 3.34. The summed E-state index contributed by atoms with van der Waals surface area (Å²) in [4.78, 5) is 12.1. The zero-order valence-electron chi connectivity index (χ0n) is 11.1. The molecule has 18 heavy (non-hydrogen) atoms. The number of nitrogens with zero attached hydrogens (tertiary/aromatic N) is 1. The van der Waals surface area contributed by atoms with Gasteiger partial charge in [0.1, 0.15) is 5.69 Å². The van der Waals surface area contributed by atoms with Crippen LogP contribution in [-0.4, -0.2) is 17.0 Å². The maximum atomic E-state index is 12.1. The minimum atomic E-state index is 0.0287. The quantitative estimate of drug-likeness (QED) is 0.912. The lowest BCUT2D eigenvalue weighted by molar-refractivity contribution is 0.0928. The average molecular weight is 313 g/mol. The Morgan fingerprint density at radius 3 is 2.83 bits per heavy atom. The van der Waals surface area contributed by atoms with Crippen molar-refractivity contribution < 1.29 is 4.79 Å². The van der Waals surface area contributed by atoms with E-state index in [-0.39, 0.29) is 5.91 Å². The van der Waals surface area contributed by atoms with Crippen molar-refractivity contribution in [3.63, 3.8) is 0 Å². The number of carbonyl (C=O) groups is 1. The summed E-state index contributed by atoms with van der Waals surface area (Å²) in [5, 5.41) is 3.07. The molecule has 1 aliphatic carbocycles. The molecule has 2 atom stereocenters. The summed E-state index contributed by atoms with van der Waals surface area (Å²) in [5.41, 5.74) is 0.713. The topological polar surface area (TPSA) is 34.0 Å². The van der Waals surface area contributed by atoms with E-state index in [2.05, 4.69) is 28.2 Å². The van der Waals surface area contributed by atoms with Crippen LogP contribution < -0.4 is 5.32 Å². The molecule has 1 aromatic rings. The highest BCUT2D eigenvalue weighted by atomic mass is 79.9. The summed E-state index contributed by atoms with van der Waals surface area (Å²) < 4.78 is 2.80. The van der Waals surface area contributed by atoms with E-state index in [0.29, 0.717) is 11.6 Å². The van der Waals surface area contributed by atoms with E-state index in [1.54, 1.807) is 0 Å². The molecule has 1 N–H and O–H groups in total. The number of carbonyl (C=O) groups excluding carboxylic acids is 1. The Morgan fingerprint density at radius 1 is 1.50 bits per heavy atom. The van der Waals surface area contributed by atoms with Gasteiger partial charge in [0.2, 0.25) is 0 Å². The number of halogens is 1. The summed E-state index contributed by atoms with van der Waals surface area (Å²) >= 11 is 3.39. The third-order valence-electron chi connectivity index (χ3n) is 4.02. The van der Waals surface area contributed by atoms with Gasteiger partial charge in [-0.2, -0.15) is 0 Å². The number of hydrogen-bond acceptors (Lipinski definition) is 1. The molecule has 1 saturated carbocycles. The second kappa shape index (κ2) is 5.91. The zero-order valence-corrected chi connectivity index (χ0v) is 12.7. The van der Waals surface area contributed by atoms with Crippen molar-refractivity contribution in [1.29, 1.82) is 0 Å². The second-order valence-corrected chi connectivity index (χ2v) is 6.30. The number of hydrogen-bond donors (Lipinski definition) is 1. The van der Waals surface area contributed by atoms with Gasteiger partial charge >= 0.3 is 0 Å². The SMILES string of the molecule is CC1CCCCC1CNC(=O)c1cc(Br)cn1C. The number of aromatic nitrogens is 1. The maximum Gasteiger partial charge on any atom is 0.267 e. The Bertz CT molecular complexity index is 427. The normalized spacial score (nSPS) is 23.9. The lowest BCUT2D eigenvalue weighted by Gasteiger charge is -2.28. The first-order chi connectivity index (χ1) is 8.58. The number of aryl methyl sites for hydroxylation is 1. The van der Waals surface area contributed by atoms with Crippen LogP contribution in [-0.2, 0) is 7.05 Å². The van der Waals surface area contributed by atoms with Crippen LogP contribution in [0.5, 0.6) is 0 Å². The molecule has 0 saturated heterocycles. The highest BCUT2D eigenvalue weighted by Gasteiger charge is 2.22. The van der Waals surface area contributed by atoms with Gasteiger partial charge in [-0.05, 0) is 40.3 Å². The van der Waals surface area contributed by atoms with Gasteiger partial charge in [-0.25, -0.2) is 0 Å². The highest BCUT2D eigenvalue weighted by Crippen LogP contribution is 2.28. The van der Waals surface area contributed by atoms with Crippen molar-refractivity contribution in [1.82, 2.24) is 9.88 Å². The van der Waals surface area contributed by atoms with Crippen molar-refractivity contribution in [2.24, 2.45) is 18.9 Å². The Balaban J connectivity index is 1.90. The molecule has 2 unspecified atom stereocenters. The molecular weight excluding hydrogens is 292 g/mol. The van der Waals surface area contributed by atoms with E-state index < -0.39 is 0 Å². The van der Waals surface area contributed by atoms with Crippen molar-refractivity contribution in [3.05, 3.63) is 22.4 Å². The van der Waals surface area contributed by atoms with Crippen LogP contribution in [0.1, 0.15) is 43.1 Å². The smallest absolute Gasteiger partial charge is 0.267 e. The monoisotopic (exact) mass is 312 g/mol. The molecule has 100 valence electrons. The molecule has 0 bridgehead atoms. The van der Waals surface area contributed by atoms with E-state index in [1.165, 1.54) is 25.7 Å². The van der Waals surface area contributed by atoms with Crippen molar-refractivity contribution >= 4 is 21.8 Å². The summed E-state index contributed by atoms with van der Waals surface area (Å²) in [6, 6.07) is 1.86. The van der Waals surface area contributed by atoms with Crippen LogP contribution in [0.3, 0.4) is 0 Å². The van der Waals surface area contributed by atoms with Crippen molar-refractivity contribution in [2.75, 3.05) is 6.54 Å². The minimum Gasteiger partial charge on any atom is -0.350 e. The number of amides is 1. The second-order valence-electron chi connectivity index (χ2n) is 5.39. The molecule has 4 heteroatoms. The van der Waals surface area contributed by atoms with Crippen LogP contribution in [0.25, 0.3) is 0 Å². The third-order valence-corrected chi connectivity index (χ3v) is 4.45. The van der Waals surface area contributed by atoms with E-state index in [9.17, 15) is 4.79 Å². The number of nitrogens with one attached hydrogen (secondary N) is 1. The first-order valence-corrected chi connectivity index (χ1v) is 7.47. The summed E-state index contributed by atoms with van der Waals surface area (Å²) in [6.45, 7) is 3.11. The Hall–Kier alpha value is -0.770. The van der Waals surface area contributed by atoms with Gasteiger partial charge < -0.3 is 9.88 Å². The van der Waals surface area contributed by atoms with Crippen LogP contribution in [0.2, 0.25) is 0 Å². The lowest BCUT2D eigenvalue weighted by atomic mass is 9.80. The van der Waals surface area contributed by atoms with E-state index in [0.717, 1.165) is 16.9 Å². The molecule has 3 nitrogen and oxygen atoms in total. The Kier molecular flexibility index (Phi) is 4.49. The molecule has 0 spiro atoms. The molecule has 1 fully saturated rings. The molecule has 2 rings (SSSR count). The maximum absolute atomic E-state index is 12.1. The van der Waals surface area contributed by atoms with Crippen molar-refractivity contribution in [3.8, 4) is 0 Å². The molecule has 0 aliphatic heterocycles. The van der Waals surface area contributed by atoms with Crippen LogP contribution in [0.4, 0.5) is 0 Å². The summed E-state index contributed by atoms with van der Waals surface area (Å²) in [5.74, 6) is 1.41.